The van der Waals surface area contributed by atoms with Crippen LogP contribution < -0.4 is 4.74 Å². The molecule has 6 nitrogen and oxygen atoms in total. The van der Waals surface area contributed by atoms with Crippen LogP contribution in [-0.2, 0) is 6.54 Å². The molecule has 4 aromatic rings. The lowest BCUT2D eigenvalue weighted by Crippen LogP contribution is -2.26. The highest BCUT2D eigenvalue weighted by molar-refractivity contribution is 5.99. The lowest BCUT2D eigenvalue weighted by Gasteiger charge is -2.18. The van der Waals surface area contributed by atoms with E-state index in [4.69, 9.17) is 9.26 Å². The largest absolute Gasteiger partial charge is 0.494 e. The van der Waals surface area contributed by atoms with Crippen molar-refractivity contribution in [2.45, 2.75) is 6.54 Å². The van der Waals surface area contributed by atoms with Gasteiger partial charge in [-0.25, -0.2) is 0 Å². The summed E-state index contributed by atoms with van der Waals surface area (Å²) in [5, 5.41) is 4.79. The molecule has 28 heavy (non-hydrogen) atoms. The summed E-state index contributed by atoms with van der Waals surface area (Å²) in [5.41, 5.74) is 3.01. The number of hydrogen-bond acceptors (Lipinski definition) is 5. The number of rotatable bonds is 5. The summed E-state index contributed by atoms with van der Waals surface area (Å²) in [7, 11) is 3.38. The first-order valence-electron chi connectivity index (χ1n) is 8.85. The van der Waals surface area contributed by atoms with Crippen molar-refractivity contribution in [3.05, 3.63) is 78.1 Å². The standard InChI is InChI=1S/C22H19N3O3/c1-25(14-16-10-11-19(27-2)20-17(16)9-6-12-23-20)22(26)18-13-24-28-21(18)15-7-4-3-5-8-15/h3-13H,14H2,1-2H3. The molecule has 6 heteroatoms. The summed E-state index contributed by atoms with van der Waals surface area (Å²) in [6, 6.07) is 17.2. The zero-order valence-corrected chi connectivity index (χ0v) is 15.6. The van der Waals surface area contributed by atoms with E-state index in [1.807, 2.05) is 54.6 Å². The predicted molar refractivity (Wildman–Crippen MR) is 106 cm³/mol. The third-order valence-corrected chi connectivity index (χ3v) is 4.63. The van der Waals surface area contributed by atoms with Crippen LogP contribution in [0.15, 0.2) is 71.5 Å². The predicted octanol–water partition coefficient (Wildman–Crippen LogP) is 4.17. The van der Waals surface area contributed by atoms with Gasteiger partial charge in [-0.3, -0.25) is 9.78 Å². The van der Waals surface area contributed by atoms with Crippen LogP contribution in [0.2, 0.25) is 0 Å². The number of fused-ring (bicyclic) bond motifs is 1. The number of methoxy groups -OCH3 is 1. The molecule has 0 aliphatic heterocycles. The van der Waals surface area contributed by atoms with Crippen molar-refractivity contribution < 1.29 is 14.1 Å². The van der Waals surface area contributed by atoms with Crippen molar-refractivity contribution in [2.75, 3.05) is 14.2 Å². The van der Waals surface area contributed by atoms with Crippen LogP contribution in [0.5, 0.6) is 5.75 Å². The molecule has 0 aliphatic rings. The van der Waals surface area contributed by atoms with Gasteiger partial charge in [-0.05, 0) is 17.7 Å². The van der Waals surface area contributed by atoms with Crippen LogP contribution in [-0.4, -0.2) is 35.1 Å². The highest BCUT2D eigenvalue weighted by atomic mass is 16.5. The summed E-state index contributed by atoms with van der Waals surface area (Å²) in [5.74, 6) is 1.02. The maximum Gasteiger partial charge on any atom is 0.259 e. The number of carbonyl (C=O) groups is 1. The van der Waals surface area contributed by atoms with Gasteiger partial charge < -0.3 is 14.2 Å². The Morgan fingerprint density at radius 2 is 1.93 bits per heavy atom. The Bertz CT molecular complexity index is 1120. The van der Waals surface area contributed by atoms with E-state index in [1.165, 1.54) is 6.20 Å². The molecule has 0 fully saturated rings. The lowest BCUT2D eigenvalue weighted by molar-refractivity contribution is 0.0786. The van der Waals surface area contributed by atoms with Crippen LogP contribution in [0.25, 0.3) is 22.2 Å². The number of amides is 1. The molecule has 0 bridgehead atoms. The molecule has 0 N–H and O–H groups in total. The number of ether oxygens (including phenoxy) is 1. The zero-order chi connectivity index (χ0) is 19.5. The highest BCUT2D eigenvalue weighted by Gasteiger charge is 2.22. The van der Waals surface area contributed by atoms with E-state index in [-0.39, 0.29) is 5.91 Å². The molecule has 0 spiro atoms. The second-order valence-electron chi connectivity index (χ2n) is 6.42. The maximum absolute atomic E-state index is 13.0. The summed E-state index contributed by atoms with van der Waals surface area (Å²) < 4.78 is 10.7. The first-order chi connectivity index (χ1) is 13.7. The van der Waals surface area contributed by atoms with E-state index >= 15 is 0 Å². The number of hydrogen-bond donors (Lipinski definition) is 0. The molecule has 2 heterocycles. The first-order valence-corrected chi connectivity index (χ1v) is 8.85. The van der Waals surface area contributed by atoms with E-state index in [2.05, 4.69) is 10.1 Å². The van der Waals surface area contributed by atoms with Crippen LogP contribution in [0.4, 0.5) is 0 Å². The average Bonchev–Trinajstić information content (AvgIpc) is 3.24. The Balaban J connectivity index is 1.64. The quantitative estimate of drug-likeness (QED) is 0.525. The fraction of sp³-hybridized carbons (Fsp3) is 0.136. The smallest absolute Gasteiger partial charge is 0.259 e. The Morgan fingerprint density at radius 3 is 2.71 bits per heavy atom. The topological polar surface area (TPSA) is 68.5 Å². The first kappa shape index (κ1) is 17.7. The third kappa shape index (κ3) is 3.20. The molecule has 140 valence electrons. The van der Waals surface area contributed by atoms with Gasteiger partial charge in [0.25, 0.3) is 5.91 Å². The molecule has 0 saturated carbocycles. The van der Waals surface area contributed by atoms with Crippen LogP contribution in [0.3, 0.4) is 0 Å². The normalized spacial score (nSPS) is 10.8. The molecular weight excluding hydrogens is 354 g/mol. The third-order valence-electron chi connectivity index (χ3n) is 4.63. The Labute approximate surface area is 162 Å². The maximum atomic E-state index is 13.0. The van der Waals surface area contributed by atoms with Gasteiger partial charge in [0.05, 0.1) is 13.3 Å². The minimum absolute atomic E-state index is 0.159. The van der Waals surface area contributed by atoms with E-state index in [1.54, 1.807) is 25.3 Å². The van der Waals surface area contributed by atoms with E-state index < -0.39 is 0 Å². The van der Waals surface area contributed by atoms with E-state index in [9.17, 15) is 4.79 Å². The molecule has 1 amide bonds. The fourth-order valence-corrected chi connectivity index (χ4v) is 3.23. The van der Waals surface area contributed by atoms with Gasteiger partial charge in [-0.1, -0.05) is 47.6 Å². The molecule has 2 aromatic carbocycles. The molecule has 0 atom stereocenters. The second-order valence-corrected chi connectivity index (χ2v) is 6.42. The lowest BCUT2D eigenvalue weighted by atomic mass is 10.1. The summed E-state index contributed by atoms with van der Waals surface area (Å²) in [6.07, 6.45) is 3.20. The Hall–Kier alpha value is -3.67. The van der Waals surface area contributed by atoms with Gasteiger partial charge in [0, 0.05) is 30.7 Å². The van der Waals surface area contributed by atoms with Gasteiger partial charge in [-0.15, -0.1) is 0 Å². The van der Waals surface area contributed by atoms with Crippen molar-refractivity contribution in [3.63, 3.8) is 0 Å². The molecule has 0 radical (unpaired) electrons. The molecule has 0 saturated heterocycles. The van der Waals surface area contributed by atoms with Gasteiger partial charge >= 0.3 is 0 Å². The van der Waals surface area contributed by atoms with E-state index in [0.717, 1.165) is 22.0 Å². The minimum Gasteiger partial charge on any atom is -0.494 e. The van der Waals surface area contributed by atoms with E-state index in [0.29, 0.717) is 23.6 Å². The average molecular weight is 373 g/mol. The number of nitrogens with zero attached hydrogens (tertiary/aromatic N) is 3. The van der Waals surface area contributed by atoms with Gasteiger partial charge in [0.1, 0.15) is 16.8 Å². The molecular formula is C22H19N3O3. The van der Waals surface area contributed by atoms with Crippen LogP contribution in [0.1, 0.15) is 15.9 Å². The fourth-order valence-electron chi connectivity index (χ4n) is 3.23. The molecule has 4 rings (SSSR count). The SMILES string of the molecule is COc1ccc(CN(C)C(=O)c2cnoc2-c2ccccc2)c2cccnc12. The number of pyridine rings is 1. The molecule has 0 aliphatic carbocycles. The van der Waals surface area contributed by atoms with Crippen molar-refractivity contribution in [2.24, 2.45) is 0 Å². The van der Waals surface area contributed by atoms with Crippen LogP contribution in [0, 0.1) is 0 Å². The number of carbonyl (C=O) groups excluding carboxylic acids is 1. The summed E-state index contributed by atoms with van der Waals surface area (Å²) in [6.45, 7) is 0.421. The monoisotopic (exact) mass is 373 g/mol. The molecule has 2 aromatic heterocycles. The van der Waals surface area contributed by atoms with Crippen molar-refractivity contribution in [1.82, 2.24) is 15.0 Å². The zero-order valence-electron chi connectivity index (χ0n) is 15.6. The van der Waals surface area contributed by atoms with Crippen LogP contribution >= 0.6 is 0 Å². The molecule has 0 unspecified atom stereocenters. The summed E-state index contributed by atoms with van der Waals surface area (Å²) in [4.78, 5) is 19.1. The highest BCUT2D eigenvalue weighted by Crippen LogP contribution is 2.28. The second kappa shape index (κ2) is 7.52. The van der Waals surface area contributed by atoms with Gasteiger partial charge in [-0.2, -0.15) is 0 Å². The van der Waals surface area contributed by atoms with Crippen molar-refractivity contribution >= 4 is 16.8 Å². The Morgan fingerprint density at radius 1 is 1.11 bits per heavy atom. The van der Waals surface area contributed by atoms with Crippen molar-refractivity contribution in [1.29, 1.82) is 0 Å². The van der Waals surface area contributed by atoms with Gasteiger partial charge in [0.2, 0.25) is 0 Å². The minimum atomic E-state index is -0.159. The number of aromatic nitrogens is 2. The number of benzene rings is 2. The van der Waals surface area contributed by atoms with Gasteiger partial charge in [0.15, 0.2) is 5.76 Å². The summed E-state index contributed by atoms with van der Waals surface area (Å²) >= 11 is 0. The Kier molecular flexibility index (Phi) is 4.76. The van der Waals surface area contributed by atoms with Crippen molar-refractivity contribution in [3.8, 4) is 17.1 Å².